The van der Waals surface area contributed by atoms with Crippen LogP contribution in [0.25, 0.3) is 0 Å². The van der Waals surface area contributed by atoms with Gasteiger partial charge in [-0.25, -0.2) is 0 Å². The average molecular weight is 252 g/mol. The van der Waals surface area contributed by atoms with Crippen LogP contribution >= 0.6 is 0 Å². The molecule has 1 unspecified atom stereocenters. The molecule has 18 heavy (non-hydrogen) atoms. The lowest BCUT2D eigenvalue weighted by atomic mass is 9.71. The molecule has 3 nitrogen and oxygen atoms in total. The molecule has 0 aromatic heterocycles. The van der Waals surface area contributed by atoms with E-state index in [1.165, 1.54) is 32.1 Å². The second-order valence-electron chi connectivity index (χ2n) is 6.52. The zero-order valence-corrected chi connectivity index (χ0v) is 12.0. The fourth-order valence-electron chi connectivity index (χ4n) is 3.32. The van der Waals surface area contributed by atoms with Gasteiger partial charge < -0.3 is 10.6 Å². The van der Waals surface area contributed by atoms with Gasteiger partial charge in [-0.15, -0.1) is 0 Å². The van der Waals surface area contributed by atoms with E-state index < -0.39 is 0 Å². The first-order valence-electron chi connectivity index (χ1n) is 7.54. The molecule has 2 rings (SSSR count). The van der Waals surface area contributed by atoms with Gasteiger partial charge >= 0.3 is 0 Å². The van der Waals surface area contributed by atoms with Crippen molar-refractivity contribution in [1.82, 2.24) is 4.90 Å². The summed E-state index contributed by atoms with van der Waals surface area (Å²) in [4.78, 5) is 14.4. The van der Waals surface area contributed by atoms with Crippen molar-refractivity contribution in [3.63, 3.8) is 0 Å². The second kappa shape index (κ2) is 5.60. The van der Waals surface area contributed by atoms with E-state index in [1.807, 2.05) is 11.9 Å². The SMILES string of the molecule is CC(C1CC1)N(C)C(=O)CC1(CN)CCCCC1. The molecule has 1 amide bonds. The molecule has 0 heterocycles. The minimum atomic E-state index is 0.104. The smallest absolute Gasteiger partial charge is 0.223 e. The first-order valence-corrected chi connectivity index (χ1v) is 7.54. The Morgan fingerprint density at radius 3 is 2.44 bits per heavy atom. The predicted molar refractivity (Wildman–Crippen MR) is 74.1 cm³/mol. The summed E-state index contributed by atoms with van der Waals surface area (Å²) in [7, 11) is 1.97. The number of amides is 1. The highest BCUT2D eigenvalue weighted by Gasteiger charge is 2.37. The number of nitrogens with two attached hydrogens (primary N) is 1. The standard InChI is InChI=1S/C15H28N2O/c1-12(13-6-7-13)17(2)14(18)10-15(11-16)8-4-3-5-9-15/h12-13H,3-11,16H2,1-2H3. The third kappa shape index (κ3) is 3.05. The molecule has 0 radical (unpaired) electrons. The summed E-state index contributed by atoms with van der Waals surface area (Å²) in [6.07, 6.45) is 9.32. The minimum Gasteiger partial charge on any atom is -0.343 e. The van der Waals surface area contributed by atoms with Crippen molar-refractivity contribution in [1.29, 1.82) is 0 Å². The van der Waals surface area contributed by atoms with Crippen LogP contribution in [0.5, 0.6) is 0 Å². The molecular formula is C15H28N2O. The van der Waals surface area contributed by atoms with Crippen molar-refractivity contribution in [2.24, 2.45) is 17.1 Å². The van der Waals surface area contributed by atoms with Crippen molar-refractivity contribution in [3.05, 3.63) is 0 Å². The Bertz CT molecular complexity index is 293. The molecule has 0 aromatic rings. The van der Waals surface area contributed by atoms with Crippen LogP contribution in [0.2, 0.25) is 0 Å². The van der Waals surface area contributed by atoms with Crippen molar-refractivity contribution >= 4 is 5.91 Å². The summed E-state index contributed by atoms with van der Waals surface area (Å²) < 4.78 is 0. The average Bonchev–Trinajstić information content (AvgIpc) is 3.22. The van der Waals surface area contributed by atoms with E-state index in [0.29, 0.717) is 24.9 Å². The summed E-state index contributed by atoms with van der Waals surface area (Å²) >= 11 is 0. The monoisotopic (exact) mass is 252 g/mol. The van der Waals surface area contributed by atoms with Crippen LogP contribution < -0.4 is 5.73 Å². The Kier molecular flexibility index (Phi) is 4.31. The molecule has 2 N–H and O–H groups in total. The molecule has 2 fully saturated rings. The topological polar surface area (TPSA) is 46.3 Å². The van der Waals surface area contributed by atoms with Crippen molar-refractivity contribution in [2.75, 3.05) is 13.6 Å². The number of nitrogens with zero attached hydrogens (tertiary/aromatic N) is 1. The Balaban J connectivity index is 1.91. The molecule has 0 spiro atoms. The number of carbonyl (C=O) groups is 1. The zero-order chi connectivity index (χ0) is 13.2. The molecule has 3 heteroatoms. The van der Waals surface area contributed by atoms with Crippen LogP contribution in [0.3, 0.4) is 0 Å². The van der Waals surface area contributed by atoms with Gasteiger partial charge in [0.1, 0.15) is 0 Å². The molecule has 2 saturated carbocycles. The summed E-state index contributed by atoms with van der Waals surface area (Å²) in [5, 5.41) is 0. The van der Waals surface area contributed by atoms with Gasteiger partial charge in [0.05, 0.1) is 0 Å². The summed E-state index contributed by atoms with van der Waals surface area (Å²) in [6, 6.07) is 0.413. The molecule has 0 aliphatic heterocycles. The molecule has 0 aromatic carbocycles. The summed E-state index contributed by atoms with van der Waals surface area (Å²) in [5.74, 6) is 1.06. The molecule has 2 aliphatic carbocycles. The molecular weight excluding hydrogens is 224 g/mol. The molecule has 104 valence electrons. The van der Waals surface area contributed by atoms with Gasteiger partial charge in [-0.1, -0.05) is 19.3 Å². The maximum Gasteiger partial charge on any atom is 0.223 e. The highest BCUT2D eigenvalue weighted by atomic mass is 16.2. The number of hydrogen-bond donors (Lipinski definition) is 1. The van der Waals surface area contributed by atoms with Crippen LogP contribution in [0.4, 0.5) is 0 Å². The molecule has 1 atom stereocenters. The molecule has 0 saturated heterocycles. The second-order valence-corrected chi connectivity index (χ2v) is 6.52. The zero-order valence-electron chi connectivity index (χ0n) is 12.0. The first kappa shape index (κ1) is 13.9. The normalized spacial score (nSPS) is 24.6. The lowest BCUT2D eigenvalue weighted by molar-refractivity contribution is -0.135. The van der Waals surface area contributed by atoms with Crippen molar-refractivity contribution < 1.29 is 4.79 Å². The summed E-state index contributed by atoms with van der Waals surface area (Å²) in [5.41, 5.74) is 6.07. The largest absolute Gasteiger partial charge is 0.343 e. The van der Waals surface area contributed by atoms with E-state index >= 15 is 0 Å². The van der Waals surface area contributed by atoms with Crippen LogP contribution in [0.1, 0.15) is 58.3 Å². The van der Waals surface area contributed by atoms with Gasteiger partial charge in [-0.05, 0) is 50.5 Å². The van der Waals surface area contributed by atoms with Gasteiger partial charge in [0.2, 0.25) is 5.91 Å². The number of rotatable bonds is 5. The minimum absolute atomic E-state index is 0.104. The van der Waals surface area contributed by atoms with E-state index in [4.69, 9.17) is 5.73 Å². The predicted octanol–water partition coefficient (Wildman–Crippen LogP) is 2.54. The van der Waals surface area contributed by atoms with E-state index in [1.54, 1.807) is 0 Å². The lowest BCUT2D eigenvalue weighted by Crippen LogP contribution is -2.42. The maximum absolute atomic E-state index is 12.4. The van der Waals surface area contributed by atoms with Crippen LogP contribution in [0, 0.1) is 11.3 Å². The van der Waals surface area contributed by atoms with Crippen LogP contribution in [-0.4, -0.2) is 30.4 Å². The van der Waals surface area contributed by atoms with E-state index in [2.05, 4.69) is 6.92 Å². The van der Waals surface area contributed by atoms with Crippen molar-refractivity contribution in [2.45, 2.75) is 64.3 Å². The van der Waals surface area contributed by atoms with E-state index in [9.17, 15) is 4.79 Å². The Hall–Kier alpha value is -0.570. The van der Waals surface area contributed by atoms with Gasteiger partial charge in [-0.2, -0.15) is 0 Å². The highest BCUT2D eigenvalue weighted by Crippen LogP contribution is 2.40. The van der Waals surface area contributed by atoms with E-state index in [-0.39, 0.29) is 5.41 Å². The summed E-state index contributed by atoms with van der Waals surface area (Å²) in [6.45, 7) is 2.86. The fraction of sp³-hybridized carbons (Fsp3) is 0.933. The Morgan fingerprint density at radius 1 is 1.33 bits per heavy atom. The third-order valence-corrected chi connectivity index (χ3v) is 5.18. The van der Waals surface area contributed by atoms with Gasteiger partial charge in [0.25, 0.3) is 0 Å². The highest BCUT2D eigenvalue weighted by molar-refractivity contribution is 5.77. The Labute approximate surface area is 111 Å². The van der Waals surface area contributed by atoms with Gasteiger partial charge in [0, 0.05) is 19.5 Å². The first-order chi connectivity index (χ1) is 8.58. The van der Waals surface area contributed by atoms with Crippen molar-refractivity contribution in [3.8, 4) is 0 Å². The third-order valence-electron chi connectivity index (χ3n) is 5.18. The molecule has 0 bridgehead atoms. The van der Waals surface area contributed by atoms with Crippen LogP contribution in [-0.2, 0) is 4.79 Å². The van der Waals surface area contributed by atoms with Gasteiger partial charge in [-0.3, -0.25) is 4.79 Å². The number of hydrogen-bond acceptors (Lipinski definition) is 2. The number of carbonyl (C=O) groups excluding carboxylic acids is 1. The quantitative estimate of drug-likeness (QED) is 0.817. The fourth-order valence-corrected chi connectivity index (χ4v) is 3.32. The van der Waals surface area contributed by atoms with E-state index in [0.717, 1.165) is 18.8 Å². The van der Waals surface area contributed by atoms with Crippen LogP contribution in [0.15, 0.2) is 0 Å². The van der Waals surface area contributed by atoms with Gasteiger partial charge in [0.15, 0.2) is 0 Å². The molecule has 2 aliphatic rings. The Morgan fingerprint density at radius 2 is 1.94 bits per heavy atom. The maximum atomic E-state index is 12.4. The lowest BCUT2D eigenvalue weighted by Gasteiger charge is -2.37.